The predicted molar refractivity (Wildman–Crippen MR) is 86.2 cm³/mol. The molecule has 22 heavy (non-hydrogen) atoms. The minimum absolute atomic E-state index is 0.0295. The number of piperidine rings is 2. The number of carbonyl (C=O) groups is 1. The lowest BCUT2D eigenvalue weighted by Gasteiger charge is -2.53. The monoisotopic (exact) mass is 303 g/mol. The molecule has 0 bridgehead atoms. The number of carbonyl (C=O) groups excluding carboxylic acids is 1. The van der Waals surface area contributed by atoms with Gasteiger partial charge in [-0.1, -0.05) is 0 Å². The van der Waals surface area contributed by atoms with Crippen LogP contribution in [0.2, 0.25) is 0 Å². The summed E-state index contributed by atoms with van der Waals surface area (Å²) in [6.45, 7) is 4.68. The Bertz CT molecular complexity index is 563. The average Bonchev–Trinajstić information content (AvgIpc) is 2.55. The van der Waals surface area contributed by atoms with Crippen molar-refractivity contribution in [1.29, 1.82) is 0 Å². The SMILES string of the molecule is CC(=O)c1ccnc(N2CC[C@@]3(CO)CCCN(C)[C@@H]3C2)c1. The standard InChI is InChI=1S/C17H25N3O2/c1-13(22)14-4-7-18-16(10-14)20-9-6-17(12-21)5-3-8-19(2)15(17)11-20/h4,7,10,15,21H,3,5-6,8-9,11-12H2,1-2H3/t15-,17-/m1/s1. The maximum absolute atomic E-state index is 11.6. The van der Waals surface area contributed by atoms with Crippen LogP contribution in [-0.4, -0.2) is 60.1 Å². The fraction of sp³-hybridized carbons (Fsp3) is 0.647. The zero-order valence-electron chi connectivity index (χ0n) is 13.5. The number of aliphatic hydroxyl groups excluding tert-OH is 1. The van der Waals surface area contributed by atoms with Crippen LogP contribution < -0.4 is 4.90 Å². The second-order valence-corrected chi connectivity index (χ2v) is 6.78. The summed E-state index contributed by atoms with van der Waals surface area (Å²) in [7, 11) is 2.15. The third-order valence-electron chi connectivity index (χ3n) is 5.49. The van der Waals surface area contributed by atoms with Gasteiger partial charge in [0.1, 0.15) is 5.82 Å². The molecule has 0 radical (unpaired) electrons. The molecule has 0 aliphatic carbocycles. The van der Waals surface area contributed by atoms with E-state index in [9.17, 15) is 9.90 Å². The summed E-state index contributed by atoms with van der Waals surface area (Å²) in [6.07, 6.45) is 4.95. The molecule has 2 aliphatic heterocycles. The molecule has 1 aromatic rings. The quantitative estimate of drug-likeness (QED) is 0.859. The van der Waals surface area contributed by atoms with Gasteiger partial charge >= 0.3 is 0 Å². The van der Waals surface area contributed by atoms with Crippen LogP contribution in [0.4, 0.5) is 5.82 Å². The van der Waals surface area contributed by atoms with Crippen molar-refractivity contribution in [3.63, 3.8) is 0 Å². The van der Waals surface area contributed by atoms with Crippen molar-refractivity contribution >= 4 is 11.6 Å². The highest BCUT2D eigenvalue weighted by atomic mass is 16.3. The van der Waals surface area contributed by atoms with Crippen LogP contribution in [0.25, 0.3) is 0 Å². The molecule has 2 saturated heterocycles. The third kappa shape index (κ3) is 2.63. The highest BCUT2D eigenvalue weighted by molar-refractivity contribution is 5.94. The summed E-state index contributed by atoms with van der Waals surface area (Å²) in [5.74, 6) is 0.943. The van der Waals surface area contributed by atoms with Gasteiger partial charge in [-0.15, -0.1) is 0 Å². The fourth-order valence-corrected chi connectivity index (χ4v) is 4.03. The van der Waals surface area contributed by atoms with Crippen molar-refractivity contribution in [3.05, 3.63) is 23.9 Å². The first-order chi connectivity index (χ1) is 10.6. The molecular formula is C17H25N3O2. The van der Waals surface area contributed by atoms with Gasteiger partial charge in [0.2, 0.25) is 0 Å². The third-order valence-corrected chi connectivity index (χ3v) is 5.49. The van der Waals surface area contributed by atoms with E-state index < -0.39 is 0 Å². The average molecular weight is 303 g/mol. The van der Waals surface area contributed by atoms with Crippen molar-refractivity contribution in [3.8, 4) is 0 Å². The molecule has 1 aromatic heterocycles. The minimum Gasteiger partial charge on any atom is -0.396 e. The molecule has 0 unspecified atom stereocenters. The number of nitrogens with zero attached hydrogens (tertiary/aromatic N) is 3. The number of likely N-dealkylation sites (N-methyl/N-ethyl adjacent to an activating group) is 1. The van der Waals surface area contributed by atoms with Crippen LogP contribution in [0.5, 0.6) is 0 Å². The van der Waals surface area contributed by atoms with Gasteiger partial charge in [-0.3, -0.25) is 4.79 Å². The molecule has 1 N–H and O–H groups in total. The Morgan fingerprint density at radius 2 is 2.27 bits per heavy atom. The Balaban J connectivity index is 1.83. The van der Waals surface area contributed by atoms with Crippen molar-refractivity contribution in [2.75, 3.05) is 38.2 Å². The van der Waals surface area contributed by atoms with E-state index >= 15 is 0 Å². The van der Waals surface area contributed by atoms with E-state index in [-0.39, 0.29) is 17.8 Å². The smallest absolute Gasteiger partial charge is 0.159 e. The Hall–Kier alpha value is -1.46. The fourth-order valence-electron chi connectivity index (χ4n) is 4.03. The summed E-state index contributed by atoms with van der Waals surface area (Å²) in [4.78, 5) is 20.7. The zero-order valence-corrected chi connectivity index (χ0v) is 13.5. The number of aromatic nitrogens is 1. The Kier molecular flexibility index (Phi) is 4.19. The maximum Gasteiger partial charge on any atom is 0.159 e. The summed E-state index contributed by atoms with van der Waals surface area (Å²) in [6, 6.07) is 4.00. The lowest BCUT2D eigenvalue weighted by atomic mass is 9.69. The molecule has 5 nitrogen and oxygen atoms in total. The number of Topliss-reactive ketones (excluding diaryl/α,β-unsaturated/α-hetero) is 1. The number of rotatable bonds is 3. The van der Waals surface area contributed by atoms with Gasteiger partial charge < -0.3 is 14.9 Å². The number of ketones is 1. The first-order valence-corrected chi connectivity index (χ1v) is 8.09. The van der Waals surface area contributed by atoms with Crippen molar-refractivity contribution in [2.45, 2.75) is 32.2 Å². The first-order valence-electron chi connectivity index (χ1n) is 8.09. The molecule has 2 atom stereocenters. The molecule has 3 heterocycles. The number of anilines is 1. The number of aliphatic hydroxyl groups is 1. The number of likely N-dealkylation sites (tertiary alicyclic amines) is 1. The predicted octanol–water partition coefficient (Wildman–Crippen LogP) is 1.57. The molecule has 2 fully saturated rings. The highest BCUT2D eigenvalue weighted by Gasteiger charge is 2.46. The maximum atomic E-state index is 11.6. The van der Waals surface area contributed by atoms with Crippen LogP contribution in [-0.2, 0) is 0 Å². The van der Waals surface area contributed by atoms with Gasteiger partial charge in [-0.05, 0) is 51.9 Å². The van der Waals surface area contributed by atoms with E-state index in [0.717, 1.165) is 44.7 Å². The lowest BCUT2D eigenvalue weighted by Crippen LogP contribution is -2.61. The number of hydrogen-bond donors (Lipinski definition) is 1. The van der Waals surface area contributed by atoms with E-state index in [0.29, 0.717) is 11.6 Å². The van der Waals surface area contributed by atoms with Crippen LogP contribution >= 0.6 is 0 Å². The van der Waals surface area contributed by atoms with Gasteiger partial charge in [0.25, 0.3) is 0 Å². The van der Waals surface area contributed by atoms with E-state index in [4.69, 9.17) is 0 Å². The minimum atomic E-state index is 0.0295. The Morgan fingerprint density at radius 3 is 3.00 bits per heavy atom. The van der Waals surface area contributed by atoms with Crippen molar-refractivity contribution in [2.24, 2.45) is 5.41 Å². The van der Waals surface area contributed by atoms with Gasteiger partial charge in [0.05, 0.1) is 6.61 Å². The summed E-state index contributed by atoms with van der Waals surface area (Å²) in [5.41, 5.74) is 0.739. The number of pyridine rings is 1. The molecule has 0 spiro atoms. The second-order valence-electron chi connectivity index (χ2n) is 6.78. The van der Waals surface area contributed by atoms with E-state index in [1.165, 1.54) is 0 Å². The Morgan fingerprint density at radius 1 is 1.45 bits per heavy atom. The van der Waals surface area contributed by atoms with Crippen LogP contribution in [0, 0.1) is 5.41 Å². The second kappa shape index (κ2) is 5.97. The van der Waals surface area contributed by atoms with Crippen molar-refractivity contribution < 1.29 is 9.90 Å². The largest absolute Gasteiger partial charge is 0.396 e. The molecule has 3 rings (SSSR count). The van der Waals surface area contributed by atoms with Crippen LogP contribution in [0.1, 0.15) is 36.5 Å². The molecule has 0 amide bonds. The Labute approximate surface area is 131 Å². The summed E-state index contributed by atoms with van der Waals surface area (Å²) in [5, 5.41) is 9.96. The summed E-state index contributed by atoms with van der Waals surface area (Å²) >= 11 is 0. The van der Waals surface area contributed by atoms with E-state index in [2.05, 4.69) is 21.8 Å². The zero-order chi connectivity index (χ0) is 15.7. The van der Waals surface area contributed by atoms with Gasteiger partial charge in [0, 0.05) is 36.3 Å². The molecule has 5 heteroatoms. The van der Waals surface area contributed by atoms with E-state index in [1.807, 2.05) is 6.07 Å². The number of hydrogen-bond acceptors (Lipinski definition) is 5. The molecule has 0 aromatic carbocycles. The topological polar surface area (TPSA) is 56.7 Å². The molecule has 2 aliphatic rings. The first kappa shape index (κ1) is 15.4. The highest BCUT2D eigenvalue weighted by Crippen LogP contribution is 2.42. The van der Waals surface area contributed by atoms with E-state index in [1.54, 1.807) is 19.2 Å². The van der Waals surface area contributed by atoms with Crippen molar-refractivity contribution in [1.82, 2.24) is 9.88 Å². The normalized spacial score (nSPS) is 29.2. The molecule has 0 saturated carbocycles. The molecular weight excluding hydrogens is 278 g/mol. The number of fused-ring (bicyclic) bond motifs is 1. The van der Waals surface area contributed by atoms with Crippen LogP contribution in [0.15, 0.2) is 18.3 Å². The van der Waals surface area contributed by atoms with Gasteiger partial charge in [-0.2, -0.15) is 0 Å². The molecule has 120 valence electrons. The van der Waals surface area contributed by atoms with Gasteiger partial charge in [0.15, 0.2) is 5.78 Å². The summed E-state index contributed by atoms with van der Waals surface area (Å²) < 4.78 is 0. The van der Waals surface area contributed by atoms with Gasteiger partial charge in [-0.25, -0.2) is 4.98 Å². The lowest BCUT2D eigenvalue weighted by molar-refractivity contribution is -0.0277. The van der Waals surface area contributed by atoms with Crippen LogP contribution in [0.3, 0.4) is 0 Å².